The van der Waals surface area contributed by atoms with Gasteiger partial charge in [0.25, 0.3) is 0 Å². The Morgan fingerprint density at radius 2 is 2.25 bits per heavy atom. The lowest BCUT2D eigenvalue weighted by molar-refractivity contribution is -0.119. The highest BCUT2D eigenvalue weighted by Gasteiger charge is 2.24. The molecular weight excluding hydrogens is 319 g/mol. The Kier molecular flexibility index (Phi) is 3.57. The number of amides is 1. The molecule has 1 aliphatic heterocycles. The molecule has 6 heteroatoms. The molecule has 1 N–H and O–H groups in total. The predicted octanol–water partition coefficient (Wildman–Crippen LogP) is 0.796. The zero-order valence-corrected chi connectivity index (χ0v) is 11.1. The Balaban J connectivity index is 1.98. The van der Waals surface area contributed by atoms with Gasteiger partial charge in [-0.1, -0.05) is 0 Å². The number of carbonyl (C=O) groups is 1. The van der Waals surface area contributed by atoms with E-state index in [1.54, 1.807) is 19.3 Å². The van der Waals surface area contributed by atoms with Crippen LogP contribution in [0.2, 0.25) is 0 Å². The van der Waals surface area contributed by atoms with Gasteiger partial charge in [0.05, 0.1) is 0 Å². The molecule has 0 radical (unpaired) electrons. The molecule has 86 valence electrons. The fraction of sp³-hybridized carbons (Fsp3) is 0.500. The summed E-state index contributed by atoms with van der Waals surface area (Å²) in [4.78, 5) is 21.6. The highest BCUT2D eigenvalue weighted by atomic mass is 127. The van der Waals surface area contributed by atoms with Crippen molar-refractivity contribution in [2.75, 3.05) is 18.0 Å². The summed E-state index contributed by atoms with van der Waals surface area (Å²) in [6.45, 7) is 3.23. The second-order valence-electron chi connectivity index (χ2n) is 3.83. The van der Waals surface area contributed by atoms with Crippen LogP contribution < -0.4 is 10.2 Å². The molecule has 0 saturated carbocycles. The molecule has 1 aromatic heterocycles. The predicted molar refractivity (Wildman–Crippen MR) is 69.2 cm³/mol. The topological polar surface area (TPSA) is 58.1 Å². The second kappa shape index (κ2) is 4.94. The lowest BCUT2D eigenvalue weighted by Crippen LogP contribution is -2.35. The van der Waals surface area contributed by atoms with Crippen molar-refractivity contribution in [2.45, 2.75) is 19.4 Å². The largest absolute Gasteiger partial charge is 0.352 e. The van der Waals surface area contributed by atoms with Crippen LogP contribution >= 0.6 is 22.6 Å². The van der Waals surface area contributed by atoms with Crippen LogP contribution in [0.5, 0.6) is 0 Å². The molecule has 2 rings (SSSR count). The monoisotopic (exact) mass is 332 g/mol. The number of hydrogen-bond donors (Lipinski definition) is 1. The molecule has 0 aliphatic carbocycles. The van der Waals surface area contributed by atoms with E-state index in [0.29, 0.717) is 0 Å². The Bertz CT molecular complexity index is 381. The van der Waals surface area contributed by atoms with E-state index in [1.807, 2.05) is 0 Å². The van der Waals surface area contributed by atoms with Crippen LogP contribution in [0.3, 0.4) is 0 Å². The van der Waals surface area contributed by atoms with Crippen molar-refractivity contribution < 1.29 is 4.79 Å². The van der Waals surface area contributed by atoms with Crippen LogP contribution in [0.25, 0.3) is 0 Å². The first-order valence-corrected chi connectivity index (χ1v) is 6.22. The van der Waals surface area contributed by atoms with E-state index in [0.717, 1.165) is 29.0 Å². The number of nitrogens with zero attached hydrogens (tertiary/aromatic N) is 3. The van der Waals surface area contributed by atoms with Gasteiger partial charge < -0.3 is 10.2 Å². The highest BCUT2D eigenvalue weighted by molar-refractivity contribution is 14.1. The molecule has 1 aromatic rings. The zero-order valence-electron chi connectivity index (χ0n) is 8.98. The lowest BCUT2D eigenvalue weighted by atomic mass is 10.3. The number of hydrogen-bond acceptors (Lipinski definition) is 4. The van der Waals surface area contributed by atoms with E-state index in [4.69, 9.17) is 0 Å². The normalized spacial score (nSPS) is 19.9. The number of anilines is 1. The first kappa shape index (κ1) is 11.6. The lowest BCUT2D eigenvalue weighted by Gasteiger charge is -2.16. The molecule has 5 nitrogen and oxygen atoms in total. The minimum absolute atomic E-state index is 0.0235. The van der Waals surface area contributed by atoms with Crippen LogP contribution in [-0.2, 0) is 4.79 Å². The van der Waals surface area contributed by atoms with Gasteiger partial charge in [0, 0.05) is 42.0 Å². The van der Waals surface area contributed by atoms with Gasteiger partial charge in [-0.25, -0.2) is 9.97 Å². The van der Waals surface area contributed by atoms with Crippen LogP contribution in [0.1, 0.15) is 13.3 Å². The summed E-state index contributed by atoms with van der Waals surface area (Å²) in [5, 5.41) is 2.92. The van der Waals surface area contributed by atoms with Crippen LogP contribution in [0.15, 0.2) is 12.4 Å². The zero-order chi connectivity index (χ0) is 11.5. The fourth-order valence-corrected chi connectivity index (χ4v) is 2.09. The average Bonchev–Trinajstić information content (AvgIpc) is 2.66. The van der Waals surface area contributed by atoms with Gasteiger partial charge in [-0.15, -0.1) is 0 Å². The van der Waals surface area contributed by atoms with Gasteiger partial charge in [-0.2, -0.15) is 0 Å². The first-order valence-electron chi connectivity index (χ1n) is 5.15. The summed E-state index contributed by atoms with van der Waals surface area (Å²) in [5.74, 6) is 0.767. The van der Waals surface area contributed by atoms with E-state index in [-0.39, 0.29) is 11.9 Å². The van der Waals surface area contributed by atoms with Crippen molar-refractivity contribution in [2.24, 2.45) is 0 Å². The Hall–Kier alpha value is -0.920. The number of rotatable bonds is 2. The Labute approximate surface area is 108 Å². The van der Waals surface area contributed by atoms with Gasteiger partial charge in [-0.05, 0) is 29.0 Å². The van der Waals surface area contributed by atoms with Gasteiger partial charge >= 0.3 is 0 Å². The smallest absolute Gasteiger partial charge is 0.225 e. The van der Waals surface area contributed by atoms with Crippen LogP contribution in [-0.4, -0.2) is 35.0 Å². The van der Waals surface area contributed by atoms with Gasteiger partial charge in [-0.3, -0.25) is 4.79 Å². The molecule has 1 unspecified atom stereocenters. The summed E-state index contributed by atoms with van der Waals surface area (Å²) >= 11 is 2.18. The van der Waals surface area contributed by atoms with Crippen LogP contribution in [0.4, 0.5) is 5.95 Å². The maximum absolute atomic E-state index is 10.9. The van der Waals surface area contributed by atoms with E-state index in [9.17, 15) is 4.79 Å². The third kappa shape index (κ3) is 2.81. The summed E-state index contributed by atoms with van der Waals surface area (Å²) in [5.41, 5.74) is 0. The fourth-order valence-electron chi connectivity index (χ4n) is 1.82. The summed E-state index contributed by atoms with van der Waals surface area (Å²) in [7, 11) is 0. The van der Waals surface area contributed by atoms with Crippen molar-refractivity contribution in [1.29, 1.82) is 0 Å². The van der Waals surface area contributed by atoms with E-state index >= 15 is 0 Å². The van der Waals surface area contributed by atoms with E-state index in [2.05, 4.69) is 42.8 Å². The Morgan fingerprint density at radius 3 is 2.88 bits per heavy atom. The first-order chi connectivity index (χ1) is 7.65. The maximum atomic E-state index is 10.9. The molecule has 1 aliphatic rings. The van der Waals surface area contributed by atoms with Crippen molar-refractivity contribution in [3.8, 4) is 0 Å². The molecule has 1 saturated heterocycles. The molecule has 0 aromatic carbocycles. The number of carbonyl (C=O) groups excluding carboxylic acids is 1. The van der Waals surface area contributed by atoms with Crippen molar-refractivity contribution >= 4 is 34.4 Å². The number of halogens is 1. The average molecular weight is 332 g/mol. The van der Waals surface area contributed by atoms with E-state index < -0.39 is 0 Å². The second-order valence-corrected chi connectivity index (χ2v) is 5.08. The van der Waals surface area contributed by atoms with Gasteiger partial charge in [0.2, 0.25) is 11.9 Å². The van der Waals surface area contributed by atoms with Gasteiger partial charge in [0.15, 0.2) is 0 Å². The van der Waals surface area contributed by atoms with Crippen LogP contribution in [0, 0.1) is 3.57 Å². The summed E-state index contributed by atoms with van der Waals surface area (Å²) < 4.78 is 1.03. The molecule has 1 atom stereocenters. The molecule has 0 spiro atoms. The molecular formula is C10H13IN4O. The third-order valence-electron chi connectivity index (χ3n) is 2.49. The number of aromatic nitrogens is 2. The molecule has 1 fully saturated rings. The van der Waals surface area contributed by atoms with Crippen molar-refractivity contribution in [3.05, 3.63) is 16.0 Å². The minimum Gasteiger partial charge on any atom is -0.352 e. The number of nitrogens with one attached hydrogen (secondary N) is 1. The summed E-state index contributed by atoms with van der Waals surface area (Å²) in [6.07, 6.45) is 4.55. The minimum atomic E-state index is 0.0235. The molecule has 0 bridgehead atoms. The van der Waals surface area contributed by atoms with Crippen molar-refractivity contribution in [3.63, 3.8) is 0 Å². The highest BCUT2D eigenvalue weighted by Crippen LogP contribution is 2.16. The summed E-state index contributed by atoms with van der Waals surface area (Å²) in [6, 6.07) is 0.223. The van der Waals surface area contributed by atoms with Gasteiger partial charge in [0.1, 0.15) is 0 Å². The molecule has 16 heavy (non-hydrogen) atoms. The SMILES string of the molecule is CC(=O)NC1CCN(c2ncc(I)cn2)C1. The molecule has 2 heterocycles. The quantitative estimate of drug-likeness (QED) is 0.814. The maximum Gasteiger partial charge on any atom is 0.225 e. The Morgan fingerprint density at radius 1 is 1.56 bits per heavy atom. The van der Waals surface area contributed by atoms with E-state index in [1.165, 1.54) is 0 Å². The van der Waals surface area contributed by atoms with Crippen molar-refractivity contribution in [1.82, 2.24) is 15.3 Å². The standard InChI is InChI=1S/C10H13IN4O/c1-7(16)14-9-2-3-15(6-9)10-12-4-8(11)5-13-10/h4-5,9H,2-3,6H2,1H3,(H,14,16). The third-order valence-corrected chi connectivity index (χ3v) is 3.04. The molecule has 1 amide bonds.